The van der Waals surface area contributed by atoms with Gasteiger partial charge >= 0.3 is 5.97 Å². The summed E-state index contributed by atoms with van der Waals surface area (Å²) in [6.45, 7) is 0. The first-order valence-electron chi connectivity index (χ1n) is 11.6. The summed E-state index contributed by atoms with van der Waals surface area (Å²) in [5.74, 6) is 0.531. The Bertz CT molecular complexity index is 1120. The van der Waals surface area contributed by atoms with Crippen molar-refractivity contribution in [3.8, 4) is 0 Å². The molecule has 170 valence electrons. The van der Waals surface area contributed by atoms with Gasteiger partial charge < -0.3 is 5.11 Å². The Morgan fingerprint density at radius 1 is 0.970 bits per heavy atom. The maximum absolute atomic E-state index is 12.7. The summed E-state index contributed by atoms with van der Waals surface area (Å²) in [6, 6.07) is 17.9. The van der Waals surface area contributed by atoms with E-state index in [2.05, 4.69) is 27.6 Å². The largest absolute Gasteiger partial charge is 0.481 e. The molecule has 0 aliphatic heterocycles. The third kappa shape index (κ3) is 5.14. The third-order valence-electron chi connectivity index (χ3n) is 7.06. The summed E-state index contributed by atoms with van der Waals surface area (Å²) in [5.41, 5.74) is 3.03. The van der Waals surface area contributed by atoms with E-state index >= 15 is 0 Å². The molecule has 2 atom stereocenters. The van der Waals surface area contributed by atoms with E-state index in [1.54, 1.807) is 0 Å². The van der Waals surface area contributed by atoms with Crippen LogP contribution in [-0.4, -0.2) is 27.2 Å². The van der Waals surface area contributed by atoms with E-state index in [9.17, 15) is 9.59 Å². The van der Waals surface area contributed by atoms with Crippen molar-refractivity contribution in [2.24, 2.45) is 17.8 Å². The van der Waals surface area contributed by atoms with Crippen LogP contribution in [0.3, 0.4) is 0 Å². The van der Waals surface area contributed by atoms with E-state index in [0.717, 1.165) is 42.7 Å². The van der Waals surface area contributed by atoms with Gasteiger partial charge in [0.15, 0.2) is 0 Å². The number of rotatable bonds is 7. The number of carbonyl (C=O) groups is 2. The maximum Gasteiger partial charge on any atom is 0.306 e. The summed E-state index contributed by atoms with van der Waals surface area (Å²) in [7, 11) is 0. The lowest BCUT2D eigenvalue weighted by Crippen LogP contribution is -2.17. The monoisotopic (exact) mass is 461 g/mol. The van der Waals surface area contributed by atoms with Gasteiger partial charge in [0.05, 0.1) is 5.92 Å². The number of carboxylic acids is 1. The summed E-state index contributed by atoms with van der Waals surface area (Å²) in [5, 5.41) is 21.7. The summed E-state index contributed by atoms with van der Waals surface area (Å²) < 4.78 is 0. The first kappa shape index (κ1) is 21.8. The van der Waals surface area contributed by atoms with Gasteiger partial charge in [0.1, 0.15) is 5.01 Å². The molecule has 1 heterocycles. The minimum Gasteiger partial charge on any atom is -0.481 e. The minimum atomic E-state index is -0.628. The van der Waals surface area contributed by atoms with Gasteiger partial charge in [-0.15, -0.1) is 10.2 Å². The van der Waals surface area contributed by atoms with E-state index < -0.39 is 5.97 Å². The molecule has 0 spiro atoms. The molecule has 2 saturated carbocycles. The van der Waals surface area contributed by atoms with Gasteiger partial charge in [-0.05, 0) is 73.1 Å². The Balaban J connectivity index is 1.13. The molecule has 7 heteroatoms. The second-order valence-electron chi connectivity index (χ2n) is 9.20. The maximum atomic E-state index is 12.7. The van der Waals surface area contributed by atoms with Gasteiger partial charge in [-0.2, -0.15) is 0 Å². The van der Waals surface area contributed by atoms with E-state index in [0.29, 0.717) is 34.9 Å². The molecular weight excluding hydrogens is 434 g/mol. The normalized spacial score (nSPS) is 24.2. The molecule has 2 aliphatic rings. The Hall–Kier alpha value is -3.06. The van der Waals surface area contributed by atoms with Crippen molar-refractivity contribution < 1.29 is 14.7 Å². The quantitative estimate of drug-likeness (QED) is 0.493. The van der Waals surface area contributed by atoms with Gasteiger partial charge in [0, 0.05) is 12.0 Å². The average Bonchev–Trinajstić information content (AvgIpc) is 3.54. The van der Waals surface area contributed by atoms with Crippen molar-refractivity contribution in [1.82, 2.24) is 10.2 Å². The highest BCUT2D eigenvalue weighted by Gasteiger charge is 2.48. The number of aromatic nitrogens is 2. The Morgan fingerprint density at radius 2 is 1.70 bits per heavy atom. The highest BCUT2D eigenvalue weighted by molar-refractivity contribution is 7.15. The van der Waals surface area contributed by atoms with Crippen molar-refractivity contribution in [2.45, 2.75) is 44.4 Å². The van der Waals surface area contributed by atoms with Crippen LogP contribution in [0.4, 0.5) is 5.13 Å². The Morgan fingerprint density at radius 3 is 2.36 bits per heavy atom. The number of carboxylic acid groups (broad SMARTS) is 1. The second kappa shape index (κ2) is 9.43. The average molecular weight is 462 g/mol. The molecular formula is C26H27N3O3S. The molecule has 3 aromatic rings. The molecule has 2 N–H and O–H groups in total. The van der Waals surface area contributed by atoms with Crippen LogP contribution >= 0.6 is 11.3 Å². The Labute approximate surface area is 197 Å². The van der Waals surface area contributed by atoms with E-state index in [1.165, 1.54) is 16.9 Å². The number of hydrogen-bond acceptors (Lipinski definition) is 5. The highest BCUT2D eigenvalue weighted by atomic mass is 32.1. The summed E-state index contributed by atoms with van der Waals surface area (Å²) >= 11 is 1.40. The number of nitrogens with one attached hydrogen (secondary N) is 1. The zero-order chi connectivity index (χ0) is 22.8. The number of anilines is 1. The smallest absolute Gasteiger partial charge is 0.306 e. The number of aliphatic carboxylic acids is 1. The number of benzene rings is 2. The van der Waals surface area contributed by atoms with Gasteiger partial charge in [-0.3, -0.25) is 14.9 Å². The number of carbonyl (C=O) groups excluding carboxylic acids is 1. The van der Waals surface area contributed by atoms with Crippen LogP contribution in [0.1, 0.15) is 64.5 Å². The van der Waals surface area contributed by atoms with Crippen LogP contribution in [-0.2, 0) is 11.2 Å². The van der Waals surface area contributed by atoms with Crippen molar-refractivity contribution in [2.75, 3.05) is 5.32 Å². The van der Waals surface area contributed by atoms with Crippen molar-refractivity contribution in [1.29, 1.82) is 0 Å². The van der Waals surface area contributed by atoms with E-state index in [-0.39, 0.29) is 11.8 Å². The minimum absolute atomic E-state index is 0.105. The molecule has 2 fully saturated rings. The topological polar surface area (TPSA) is 92.2 Å². The summed E-state index contributed by atoms with van der Waals surface area (Å²) in [4.78, 5) is 23.8. The molecule has 2 unspecified atom stereocenters. The molecule has 5 rings (SSSR count). The lowest BCUT2D eigenvalue weighted by Gasteiger charge is -2.29. The molecule has 0 bridgehead atoms. The van der Waals surface area contributed by atoms with Gasteiger partial charge in [-0.25, -0.2) is 0 Å². The van der Waals surface area contributed by atoms with Gasteiger partial charge in [0.25, 0.3) is 5.91 Å². The number of hydrogen-bond donors (Lipinski definition) is 2. The molecule has 0 saturated heterocycles. The van der Waals surface area contributed by atoms with Crippen LogP contribution in [0.5, 0.6) is 0 Å². The molecule has 33 heavy (non-hydrogen) atoms. The first-order chi connectivity index (χ1) is 16.1. The molecule has 2 aromatic carbocycles. The van der Waals surface area contributed by atoms with Gasteiger partial charge in [0.2, 0.25) is 5.13 Å². The van der Waals surface area contributed by atoms with Crippen LogP contribution in [0.25, 0.3) is 0 Å². The number of nitrogens with zero attached hydrogens (tertiary/aromatic N) is 2. The predicted octanol–water partition coefficient (Wildman–Crippen LogP) is 5.38. The lowest BCUT2D eigenvalue weighted by molar-refractivity contribution is -0.139. The predicted molar refractivity (Wildman–Crippen MR) is 127 cm³/mol. The SMILES string of the molecule is O=C(Nc1nnc(Cc2ccccc2)s1)c1ccc(C2CCC(C3CC3C(=O)O)CC2)cc1. The molecule has 1 aromatic heterocycles. The highest BCUT2D eigenvalue weighted by Crippen LogP contribution is 2.51. The van der Waals surface area contributed by atoms with Crippen LogP contribution < -0.4 is 5.32 Å². The fourth-order valence-corrected chi connectivity index (χ4v) is 5.89. The molecule has 2 aliphatic carbocycles. The van der Waals surface area contributed by atoms with Crippen LogP contribution in [0.2, 0.25) is 0 Å². The fraction of sp³-hybridized carbons (Fsp3) is 0.385. The fourth-order valence-electron chi connectivity index (χ4n) is 5.12. The lowest BCUT2D eigenvalue weighted by atomic mass is 9.76. The molecule has 6 nitrogen and oxygen atoms in total. The van der Waals surface area contributed by atoms with Crippen molar-refractivity contribution in [3.63, 3.8) is 0 Å². The first-order valence-corrected chi connectivity index (χ1v) is 12.4. The number of amides is 1. The van der Waals surface area contributed by atoms with E-state index in [4.69, 9.17) is 5.11 Å². The Kier molecular flexibility index (Phi) is 6.22. The zero-order valence-corrected chi connectivity index (χ0v) is 19.1. The van der Waals surface area contributed by atoms with E-state index in [1.807, 2.05) is 42.5 Å². The zero-order valence-electron chi connectivity index (χ0n) is 18.3. The van der Waals surface area contributed by atoms with Crippen molar-refractivity contribution >= 4 is 28.3 Å². The standard InChI is InChI=1S/C26H27N3O3S/c30-24(27-26-29-28-23(33-26)14-16-4-2-1-3-5-16)20-12-8-18(9-13-20)17-6-10-19(11-7-17)21-15-22(21)25(31)32/h1-5,8-9,12-13,17,19,21-22H,6-7,10-11,14-15H2,(H,31,32)(H,27,29,30). The third-order valence-corrected chi connectivity index (χ3v) is 7.90. The van der Waals surface area contributed by atoms with Gasteiger partial charge in [-0.1, -0.05) is 53.8 Å². The second-order valence-corrected chi connectivity index (χ2v) is 10.3. The summed E-state index contributed by atoms with van der Waals surface area (Å²) in [6.07, 6.45) is 5.94. The van der Waals surface area contributed by atoms with Crippen molar-refractivity contribution in [3.05, 3.63) is 76.3 Å². The van der Waals surface area contributed by atoms with Crippen LogP contribution in [0.15, 0.2) is 54.6 Å². The molecule has 1 amide bonds. The van der Waals surface area contributed by atoms with Crippen LogP contribution in [0, 0.1) is 17.8 Å². The molecule has 0 radical (unpaired) electrons.